The van der Waals surface area contributed by atoms with Crippen LogP contribution < -0.4 is 10.1 Å². The van der Waals surface area contributed by atoms with E-state index in [4.69, 9.17) is 4.74 Å². The monoisotopic (exact) mass is 263 g/mol. The molecule has 0 aromatic heterocycles. The molecule has 0 aliphatic heterocycles. The summed E-state index contributed by atoms with van der Waals surface area (Å²) in [6.07, 6.45) is 0. The van der Waals surface area contributed by atoms with Crippen LogP contribution in [0, 0.1) is 12.8 Å². The van der Waals surface area contributed by atoms with Crippen LogP contribution in [-0.4, -0.2) is 24.3 Å². The molecular weight excluding hydrogens is 242 g/mol. The van der Waals surface area contributed by atoms with Crippen LogP contribution in [0.1, 0.15) is 26.3 Å². The third-order valence-corrected chi connectivity index (χ3v) is 2.78. The summed E-state index contributed by atoms with van der Waals surface area (Å²) >= 11 is 0. The smallest absolute Gasteiger partial charge is 0.258 e. The van der Waals surface area contributed by atoms with Gasteiger partial charge in [0.25, 0.3) is 5.91 Å². The Balaban J connectivity index is 2.49. The van der Waals surface area contributed by atoms with Gasteiger partial charge in [-0.05, 0) is 37.5 Å². The topological polar surface area (TPSA) is 55.4 Å². The quantitative estimate of drug-likeness (QED) is 0.855. The van der Waals surface area contributed by atoms with Crippen molar-refractivity contribution < 1.29 is 14.3 Å². The predicted octanol–water partition coefficient (Wildman–Crippen LogP) is 2.10. The van der Waals surface area contributed by atoms with Gasteiger partial charge in [-0.15, -0.1) is 0 Å². The molecule has 1 unspecified atom stereocenters. The van der Waals surface area contributed by atoms with Crippen LogP contribution >= 0.6 is 0 Å². The Morgan fingerprint density at radius 3 is 2.53 bits per heavy atom. The van der Waals surface area contributed by atoms with Crippen LogP contribution in [0.2, 0.25) is 0 Å². The Morgan fingerprint density at radius 2 is 2.00 bits per heavy atom. The van der Waals surface area contributed by atoms with Crippen LogP contribution in [0.15, 0.2) is 24.3 Å². The van der Waals surface area contributed by atoms with Crippen LogP contribution in [0.5, 0.6) is 5.75 Å². The maximum absolute atomic E-state index is 11.7. The first-order valence-corrected chi connectivity index (χ1v) is 6.39. The van der Waals surface area contributed by atoms with E-state index < -0.39 is 6.04 Å². The third-order valence-electron chi connectivity index (χ3n) is 2.78. The molecule has 0 spiro atoms. The number of carbonyl (C=O) groups is 2. The molecule has 1 aromatic carbocycles. The maximum atomic E-state index is 11.7. The molecule has 1 aromatic rings. The molecule has 0 bridgehead atoms. The second kappa shape index (κ2) is 6.92. The average molecular weight is 263 g/mol. The lowest BCUT2D eigenvalue weighted by Crippen LogP contribution is -2.45. The Bertz CT molecular complexity index is 454. The van der Waals surface area contributed by atoms with E-state index >= 15 is 0 Å². The Morgan fingerprint density at radius 1 is 1.32 bits per heavy atom. The first-order valence-electron chi connectivity index (χ1n) is 6.39. The number of hydrogen-bond acceptors (Lipinski definition) is 3. The fraction of sp³-hybridized carbons (Fsp3) is 0.467. The highest BCUT2D eigenvalue weighted by molar-refractivity contribution is 5.88. The van der Waals surface area contributed by atoms with Gasteiger partial charge in [-0.25, -0.2) is 0 Å². The average Bonchev–Trinajstić information content (AvgIpc) is 2.32. The molecule has 0 radical (unpaired) electrons. The maximum Gasteiger partial charge on any atom is 0.258 e. The summed E-state index contributed by atoms with van der Waals surface area (Å²) in [6, 6.07) is 7.03. The van der Waals surface area contributed by atoms with Gasteiger partial charge in [0.05, 0.1) is 6.04 Å². The zero-order chi connectivity index (χ0) is 14.4. The van der Waals surface area contributed by atoms with Gasteiger partial charge in [0.1, 0.15) is 5.75 Å². The van der Waals surface area contributed by atoms with E-state index in [1.54, 1.807) is 6.07 Å². The van der Waals surface area contributed by atoms with Crippen LogP contribution in [0.4, 0.5) is 0 Å². The Labute approximate surface area is 114 Å². The lowest BCUT2D eigenvalue weighted by atomic mass is 10.0. The molecule has 104 valence electrons. The molecule has 0 aliphatic rings. The van der Waals surface area contributed by atoms with Crippen LogP contribution in [0.25, 0.3) is 0 Å². The minimum atomic E-state index is -0.450. The molecule has 4 nitrogen and oxygen atoms in total. The number of amides is 1. The number of nitrogens with one attached hydrogen (secondary N) is 1. The molecule has 0 heterocycles. The highest BCUT2D eigenvalue weighted by Gasteiger charge is 2.20. The van der Waals surface area contributed by atoms with Gasteiger partial charge in [0.15, 0.2) is 12.4 Å². The standard InChI is InChI=1S/C15H21NO3/c1-10(2)15(12(4)17)16-14(18)9-19-13-7-5-6-11(3)8-13/h5-8,10,15H,9H2,1-4H3,(H,16,18). The summed E-state index contributed by atoms with van der Waals surface area (Å²) in [5.74, 6) is 0.397. The van der Waals surface area contributed by atoms with Crippen LogP contribution in [-0.2, 0) is 9.59 Å². The molecule has 0 fully saturated rings. The van der Waals surface area contributed by atoms with E-state index in [9.17, 15) is 9.59 Å². The summed E-state index contributed by atoms with van der Waals surface area (Å²) in [5.41, 5.74) is 1.07. The van der Waals surface area contributed by atoms with Crippen molar-refractivity contribution in [3.8, 4) is 5.75 Å². The number of ketones is 1. The van der Waals surface area contributed by atoms with Gasteiger partial charge in [-0.3, -0.25) is 9.59 Å². The lowest BCUT2D eigenvalue weighted by Gasteiger charge is -2.19. The number of rotatable bonds is 6. The van der Waals surface area contributed by atoms with E-state index in [-0.39, 0.29) is 24.2 Å². The first kappa shape index (κ1) is 15.2. The van der Waals surface area contributed by atoms with Crippen molar-refractivity contribution >= 4 is 11.7 Å². The molecule has 1 atom stereocenters. The Kier molecular flexibility index (Phi) is 5.55. The van der Waals surface area contributed by atoms with E-state index in [0.717, 1.165) is 5.56 Å². The highest BCUT2D eigenvalue weighted by atomic mass is 16.5. The minimum absolute atomic E-state index is 0.0427. The molecule has 0 saturated carbocycles. The highest BCUT2D eigenvalue weighted by Crippen LogP contribution is 2.12. The van der Waals surface area contributed by atoms with Gasteiger partial charge in [0.2, 0.25) is 0 Å². The summed E-state index contributed by atoms with van der Waals surface area (Å²) < 4.78 is 5.39. The van der Waals surface area contributed by atoms with Gasteiger partial charge < -0.3 is 10.1 Å². The number of hydrogen-bond donors (Lipinski definition) is 1. The molecule has 1 N–H and O–H groups in total. The van der Waals surface area contributed by atoms with Gasteiger partial charge in [0, 0.05) is 0 Å². The molecular formula is C15H21NO3. The minimum Gasteiger partial charge on any atom is -0.484 e. The zero-order valence-corrected chi connectivity index (χ0v) is 11.9. The fourth-order valence-electron chi connectivity index (χ4n) is 1.81. The van der Waals surface area contributed by atoms with Crippen molar-refractivity contribution in [3.05, 3.63) is 29.8 Å². The number of ether oxygens (including phenoxy) is 1. The van der Waals surface area contributed by atoms with E-state index in [0.29, 0.717) is 5.75 Å². The summed E-state index contributed by atoms with van der Waals surface area (Å²) in [4.78, 5) is 23.1. The second-order valence-corrected chi connectivity index (χ2v) is 5.01. The number of aryl methyl sites for hydroxylation is 1. The largest absolute Gasteiger partial charge is 0.484 e. The zero-order valence-electron chi connectivity index (χ0n) is 11.9. The molecule has 0 saturated heterocycles. The van der Waals surface area contributed by atoms with E-state index in [2.05, 4.69) is 5.32 Å². The molecule has 1 amide bonds. The summed E-state index contributed by atoms with van der Waals surface area (Å²) in [6.45, 7) is 7.14. The van der Waals surface area contributed by atoms with Crippen molar-refractivity contribution in [2.75, 3.05) is 6.61 Å². The SMILES string of the molecule is CC(=O)C(NC(=O)COc1cccc(C)c1)C(C)C. The number of carbonyl (C=O) groups excluding carboxylic acids is 2. The van der Waals surface area contributed by atoms with Gasteiger partial charge >= 0.3 is 0 Å². The number of benzene rings is 1. The normalized spacial score (nSPS) is 12.1. The molecule has 4 heteroatoms. The fourth-order valence-corrected chi connectivity index (χ4v) is 1.81. The van der Waals surface area contributed by atoms with Gasteiger partial charge in [-0.1, -0.05) is 26.0 Å². The Hall–Kier alpha value is -1.84. The predicted molar refractivity (Wildman–Crippen MR) is 74.1 cm³/mol. The molecule has 0 aliphatic carbocycles. The summed E-state index contributed by atoms with van der Waals surface area (Å²) in [5, 5.41) is 2.69. The molecule has 19 heavy (non-hydrogen) atoms. The van der Waals surface area contributed by atoms with Crippen molar-refractivity contribution in [1.29, 1.82) is 0 Å². The van der Waals surface area contributed by atoms with Crippen molar-refractivity contribution in [1.82, 2.24) is 5.32 Å². The van der Waals surface area contributed by atoms with Crippen molar-refractivity contribution in [3.63, 3.8) is 0 Å². The van der Waals surface area contributed by atoms with Gasteiger partial charge in [-0.2, -0.15) is 0 Å². The second-order valence-electron chi connectivity index (χ2n) is 5.01. The van der Waals surface area contributed by atoms with Crippen molar-refractivity contribution in [2.24, 2.45) is 5.92 Å². The first-order chi connectivity index (χ1) is 8.90. The van der Waals surface area contributed by atoms with Crippen LogP contribution in [0.3, 0.4) is 0 Å². The van der Waals surface area contributed by atoms with Crippen molar-refractivity contribution in [2.45, 2.75) is 33.7 Å². The third kappa shape index (κ3) is 5.12. The van der Waals surface area contributed by atoms with E-state index in [1.165, 1.54) is 6.92 Å². The summed E-state index contributed by atoms with van der Waals surface area (Å²) in [7, 11) is 0. The van der Waals surface area contributed by atoms with E-state index in [1.807, 2.05) is 39.0 Å². The lowest BCUT2D eigenvalue weighted by molar-refractivity contribution is -0.129. The number of Topliss-reactive ketones (excluding diaryl/α,β-unsaturated/α-hetero) is 1. The molecule has 1 rings (SSSR count).